The van der Waals surface area contributed by atoms with Crippen molar-refractivity contribution in [1.82, 2.24) is 10.6 Å². The highest BCUT2D eigenvalue weighted by Gasteiger charge is 2.08. The molecule has 2 rings (SSSR count). The lowest BCUT2D eigenvalue weighted by atomic mass is 10.1. The summed E-state index contributed by atoms with van der Waals surface area (Å²) in [4.78, 5) is 23.6. The molecular weight excluding hydrogens is 332 g/mol. The third-order valence-electron chi connectivity index (χ3n) is 3.68. The predicted octanol–water partition coefficient (Wildman–Crippen LogP) is 2.21. The molecule has 0 heterocycles. The third kappa shape index (κ3) is 6.84. The van der Waals surface area contributed by atoms with Gasteiger partial charge in [-0.15, -0.1) is 0 Å². The van der Waals surface area contributed by atoms with Crippen molar-refractivity contribution in [2.75, 3.05) is 20.3 Å². The molecule has 0 saturated carbocycles. The lowest BCUT2D eigenvalue weighted by molar-refractivity contribution is -0.129. The van der Waals surface area contributed by atoms with E-state index in [0.717, 1.165) is 16.9 Å². The fourth-order valence-electron chi connectivity index (χ4n) is 2.21. The molecule has 6 heteroatoms. The van der Waals surface area contributed by atoms with Crippen molar-refractivity contribution in [3.63, 3.8) is 0 Å². The van der Waals surface area contributed by atoms with Crippen LogP contribution in [0.25, 0.3) is 0 Å². The fraction of sp³-hybridized carbons (Fsp3) is 0.300. The molecule has 0 spiro atoms. The van der Waals surface area contributed by atoms with Crippen LogP contribution in [0.2, 0.25) is 0 Å². The Morgan fingerprint density at radius 3 is 2.15 bits per heavy atom. The largest absolute Gasteiger partial charge is 0.497 e. The summed E-state index contributed by atoms with van der Waals surface area (Å²) in [6.45, 7) is 3.07. The van der Waals surface area contributed by atoms with Crippen molar-refractivity contribution in [2.24, 2.45) is 0 Å². The number of carbonyl (C=O) groups is 2. The molecule has 0 aromatic heterocycles. The first kappa shape index (κ1) is 19.3. The number of nitrogens with one attached hydrogen (secondary N) is 2. The second-order valence-electron chi connectivity index (χ2n) is 5.81. The monoisotopic (exact) mass is 356 g/mol. The van der Waals surface area contributed by atoms with Crippen molar-refractivity contribution in [1.29, 1.82) is 0 Å². The van der Waals surface area contributed by atoms with E-state index in [2.05, 4.69) is 10.6 Å². The molecule has 0 unspecified atom stereocenters. The Balaban J connectivity index is 1.60. The zero-order valence-corrected chi connectivity index (χ0v) is 15.1. The van der Waals surface area contributed by atoms with Gasteiger partial charge < -0.3 is 20.1 Å². The number of benzene rings is 2. The van der Waals surface area contributed by atoms with Gasteiger partial charge in [0.25, 0.3) is 0 Å². The van der Waals surface area contributed by atoms with Crippen molar-refractivity contribution in [3.05, 3.63) is 59.7 Å². The summed E-state index contributed by atoms with van der Waals surface area (Å²) in [6, 6.07) is 15.0. The minimum Gasteiger partial charge on any atom is -0.497 e. The van der Waals surface area contributed by atoms with E-state index in [1.165, 1.54) is 0 Å². The number of hydrogen-bond donors (Lipinski definition) is 2. The van der Waals surface area contributed by atoms with Gasteiger partial charge >= 0.3 is 0 Å². The molecule has 6 nitrogen and oxygen atoms in total. The molecule has 2 aromatic carbocycles. The molecule has 0 aliphatic rings. The van der Waals surface area contributed by atoms with Gasteiger partial charge in [-0.05, 0) is 36.8 Å². The molecule has 0 fully saturated rings. The van der Waals surface area contributed by atoms with Crippen LogP contribution in [0.1, 0.15) is 17.5 Å². The molecule has 0 radical (unpaired) electrons. The molecular formula is C20H24N2O4. The van der Waals surface area contributed by atoms with E-state index >= 15 is 0 Å². The molecule has 2 N–H and O–H groups in total. The first-order valence-corrected chi connectivity index (χ1v) is 8.42. The molecule has 26 heavy (non-hydrogen) atoms. The zero-order valence-electron chi connectivity index (χ0n) is 15.1. The summed E-state index contributed by atoms with van der Waals surface area (Å²) in [5.41, 5.74) is 2.16. The van der Waals surface area contributed by atoms with Crippen molar-refractivity contribution in [2.45, 2.75) is 19.9 Å². The summed E-state index contributed by atoms with van der Waals surface area (Å²) in [5.74, 6) is 0.807. The highest BCUT2D eigenvalue weighted by molar-refractivity contribution is 5.96. The van der Waals surface area contributed by atoms with Crippen LogP contribution in [-0.4, -0.2) is 32.1 Å². The lowest BCUT2D eigenvalue weighted by Gasteiger charge is -2.09. The molecule has 0 aliphatic heterocycles. The van der Waals surface area contributed by atoms with Crippen LogP contribution < -0.4 is 20.1 Å². The number of hydrogen-bond acceptors (Lipinski definition) is 4. The van der Waals surface area contributed by atoms with Crippen molar-refractivity contribution < 1.29 is 19.1 Å². The second-order valence-corrected chi connectivity index (χ2v) is 5.81. The van der Waals surface area contributed by atoms with E-state index in [4.69, 9.17) is 9.47 Å². The zero-order chi connectivity index (χ0) is 18.8. The van der Waals surface area contributed by atoms with Gasteiger partial charge in [-0.25, -0.2) is 0 Å². The molecule has 2 amide bonds. The number of carbonyl (C=O) groups excluding carboxylic acids is 2. The smallest absolute Gasteiger partial charge is 0.229 e. The Hall–Kier alpha value is -3.02. The maximum Gasteiger partial charge on any atom is 0.229 e. The maximum absolute atomic E-state index is 11.8. The Labute approximate surface area is 153 Å². The Bertz CT molecular complexity index is 712. The van der Waals surface area contributed by atoms with E-state index in [1.807, 2.05) is 31.2 Å². The summed E-state index contributed by atoms with van der Waals surface area (Å²) in [7, 11) is 1.60. The van der Waals surface area contributed by atoms with Crippen LogP contribution in [0.5, 0.6) is 11.5 Å². The van der Waals surface area contributed by atoms with Gasteiger partial charge in [-0.3, -0.25) is 9.59 Å². The Kier molecular flexibility index (Phi) is 7.49. The Morgan fingerprint density at radius 1 is 0.885 bits per heavy atom. The third-order valence-corrected chi connectivity index (χ3v) is 3.68. The van der Waals surface area contributed by atoms with Crippen LogP contribution in [0.4, 0.5) is 0 Å². The van der Waals surface area contributed by atoms with Gasteiger partial charge in [0.15, 0.2) is 0 Å². The minimum atomic E-state index is -0.329. The predicted molar refractivity (Wildman–Crippen MR) is 99.1 cm³/mol. The normalized spacial score (nSPS) is 10.1. The van der Waals surface area contributed by atoms with Gasteiger partial charge in [0.2, 0.25) is 11.8 Å². The van der Waals surface area contributed by atoms with Crippen LogP contribution in [-0.2, 0) is 16.1 Å². The van der Waals surface area contributed by atoms with Gasteiger partial charge in [0.05, 0.1) is 13.7 Å². The molecule has 0 atom stereocenters. The van der Waals surface area contributed by atoms with Crippen LogP contribution in [0, 0.1) is 6.92 Å². The summed E-state index contributed by atoms with van der Waals surface area (Å²) in [5, 5.41) is 5.40. The molecule has 0 saturated heterocycles. The van der Waals surface area contributed by atoms with Crippen molar-refractivity contribution in [3.8, 4) is 11.5 Å². The van der Waals surface area contributed by atoms with E-state index in [-0.39, 0.29) is 18.2 Å². The number of methoxy groups -OCH3 is 1. The van der Waals surface area contributed by atoms with Gasteiger partial charge in [0.1, 0.15) is 24.5 Å². The number of aryl methyl sites for hydroxylation is 1. The standard InChI is InChI=1S/C20H24N2O4/c1-15-3-5-16(6-4-15)14-22-20(24)13-19(23)21-11-12-26-18-9-7-17(25-2)8-10-18/h3-10H,11-14H2,1-2H3,(H,21,23)(H,22,24). The van der Waals surface area contributed by atoms with Crippen molar-refractivity contribution >= 4 is 11.8 Å². The first-order valence-electron chi connectivity index (χ1n) is 8.42. The summed E-state index contributed by atoms with van der Waals surface area (Å²) in [6.07, 6.45) is -0.200. The first-order chi connectivity index (χ1) is 12.6. The number of amides is 2. The molecule has 0 bridgehead atoms. The maximum atomic E-state index is 11.8. The number of ether oxygens (including phenoxy) is 2. The molecule has 0 aliphatic carbocycles. The van der Waals surface area contributed by atoms with E-state index in [1.54, 1.807) is 31.4 Å². The van der Waals surface area contributed by atoms with E-state index < -0.39 is 0 Å². The second kappa shape index (κ2) is 10.1. The SMILES string of the molecule is COc1ccc(OCCNC(=O)CC(=O)NCc2ccc(C)cc2)cc1. The van der Waals surface area contributed by atoms with Gasteiger partial charge in [-0.1, -0.05) is 29.8 Å². The quantitative estimate of drug-likeness (QED) is 0.533. The molecule has 138 valence electrons. The highest BCUT2D eigenvalue weighted by atomic mass is 16.5. The summed E-state index contributed by atoms with van der Waals surface area (Å²) >= 11 is 0. The van der Waals surface area contributed by atoms with Gasteiger partial charge in [-0.2, -0.15) is 0 Å². The topological polar surface area (TPSA) is 76.7 Å². The Morgan fingerprint density at radius 2 is 1.50 bits per heavy atom. The average molecular weight is 356 g/mol. The summed E-state index contributed by atoms with van der Waals surface area (Å²) < 4.78 is 10.6. The van der Waals surface area contributed by atoms with Crippen LogP contribution >= 0.6 is 0 Å². The minimum absolute atomic E-state index is 0.200. The lowest BCUT2D eigenvalue weighted by Crippen LogP contribution is -2.33. The average Bonchev–Trinajstić information content (AvgIpc) is 2.65. The highest BCUT2D eigenvalue weighted by Crippen LogP contribution is 2.16. The number of rotatable bonds is 9. The fourth-order valence-corrected chi connectivity index (χ4v) is 2.21. The van der Waals surface area contributed by atoms with E-state index in [9.17, 15) is 9.59 Å². The van der Waals surface area contributed by atoms with Gasteiger partial charge in [0, 0.05) is 6.54 Å². The van der Waals surface area contributed by atoms with E-state index in [0.29, 0.717) is 25.4 Å². The van der Waals surface area contributed by atoms with Crippen LogP contribution in [0.15, 0.2) is 48.5 Å². The van der Waals surface area contributed by atoms with Crippen LogP contribution in [0.3, 0.4) is 0 Å². The molecule has 2 aromatic rings.